The van der Waals surface area contributed by atoms with Crippen LogP contribution >= 0.6 is 0 Å². The van der Waals surface area contributed by atoms with Gasteiger partial charge < -0.3 is 8.85 Å². The lowest BCUT2D eigenvalue weighted by Crippen LogP contribution is -2.40. The van der Waals surface area contributed by atoms with Crippen LogP contribution in [0.25, 0.3) is 0 Å². The van der Waals surface area contributed by atoms with Crippen LogP contribution in [0.5, 0.6) is 0 Å². The molecule has 67 valence electrons. The highest BCUT2D eigenvalue weighted by molar-refractivity contribution is 6.46. The van der Waals surface area contributed by atoms with Crippen LogP contribution in [0.2, 0.25) is 0 Å². The molecule has 11 heavy (non-hydrogen) atoms. The van der Waals surface area contributed by atoms with Gasteiger partial charge in [-0.15, -0.1) is 0 Å². The Morgan fingerprint density at radius 2 is 1.45 bits per heavy atom. The zero-order chi connectivity index (χ0) is 8.91. The van der Waals surface area contributed by atoms with Crippen molar-refractivity contribution in [3.63, 3.8) is 0 Å². The number of hydrogen-bond acceptors (Lipinski definition) is 2. The van der Waals surface area contributed by atoms with Gasteiger partial charge in [0.1, 0.15) is 0 Å². The molecule has 2 nitrogen and oxygen atoms in total. The van der Waals surface area contributed by atoms with E-state index < -0.39 is 15.1 Å². The van der Waals surface area contributed by atoms with Gasteiger partial charge >= 0.3 is 15.1 Å². The fourth-order valence-electron chi connectivity index (χ4n) is 0.468. The summed E-state index contributed by atoms with van der Waals surface area (Å²) in [5.41, 5.74) is 0. The molecule has 0 fully saturated rings. The van der Waals surface area contributed by atoms with Crippen molar-refractivity contribution < 1.29 is 22.0 Å². The van der Waals surface area contributed by atoms with Gasteiger partial charge in [0.15, 0.2) is 0 Å². The van der Waals surface area contributed by atoms with Gasteiger partial charge in [0.2, 0.25) is 0 Å². The lowest BCUT2D eigenvalue weighted by Gasteiger charge is -2.15. The molecule has 1 radical (unpaired) electrons. The van der Waals surface area contributed by atoms with Crippen molar-refractivity contribution in [2.24, 2.45) is 0 Å². The van der Waals surface area contributed by atoms with Crippen molar-refractivity contribution >= 4 is 9.28 Å². The fraction of sp³-hybridized carbons (Fsp3) is 1.00. The molecule has 0 N–H and O–H groups in total. The highest BCUT2D eigenvalue weighted by Crippen LogP contribution is 2.20. The van der Waals surface area contributed by atoms with E-state index in [1.54, 1.807) is 0 Å². The zero-order valence-corrected chi connectivity index (χ0v) is 7.36. The smallest absolute Gasteiger partial charge is 0.388 e. The van der Waals surface area contributed by atoms with Crippen LogP contribution in [-0.2, 0) is 8.85 Å². The average Bonchev–Trinajstić information content (AvgIpc) is 1.85. The van der Waals surface area contributed by atoms with E-state index in [4.69, 9.17) is 0 Å². The minimum atomic E-state index is -4.32. The van der Waals surface area contributed by atoms with E-state index in [1.165, 1.54) is 13.8 Å². The number of halogens is 3. The van der Waals surface area contributed by atoms with Crippen LogP contribution in [0.15, 0.2) is 0 Å². The van der Waals surface area contributed by atoms with Gasteiger partial charge in [-0.25, -0.2) is 0 Å². The van der Waals surface area contributed by atoms with Crippen LogP contribution in [0.3, 0.4) is 0 Å². The molecule has 0 saturated carbocycles. The van der Waals surface area contributed by atoms with E-state index in [0.29, 0.717) is 0 Å². The van der Waals surface area contributed by atoms with E-state index >= 15 is 0 Å². The highest BCUT2D eigenvalue weighted by Gasteiger charge is 2.47. The van der Waals surface area contributed by atoms with Crippen LogP contribution in [0.1, 0.15) is 13.8 Å². The Morgan fingerprint density at radius 1 is 1.09 bits per heavy atom. The lowest BCUT2D eigenvalue weighted by atomic mass is 10.9. The van der Waals surface area contributed by atoms with Crippen LogP contribution < -0.4 is 0 Å². The van der Waals surface area contributed by atoms with Crippen molar-refractivity contribution in [1.82, 2.24) is 0 Å². The maximum Gasteiger partial charge on any atom is 0.512 e. The third-order valence-corrected chi connectivity index (χ3v) is 2.35. The Balaban J connectivity index is 3.88. The molecular formula is C5H10F3O2Si. The minimum Gasteiger partial charge on any atom is -0.388 e. The molecule has 0 heterocycles. The van der Waals surface area contributed by atoms with Gasteiger partial charge in [-0.1, -0.05) is 0 Å². The Morgan fingerprint density at radius 3 is 1.64 bits per heavy atom. The van der Waals surface area contributed by atoms with E-state index in [9.17, 15) is 13.2 Å². The number of rotatable bonds is 4. The largest absolute Gasteiger partial charge is 0.512 e. The number of alkyl halides is 3. The molecule has 0 spiro atoms. The van der Waals surface area contributed by atoms with E-state index in [2.05, 4.69) is 8.85 Å². The molecule has 0 aliphatic heterocycles. The van der Waals surface area contributed by atoms with Crippen LogP contribution in [0.4, 0.5) is 13.2 Å². The molecule has 0 saturated heterocycles. The molecule has 0 unspecified atom stereocenters. The molecule has 0 aliphatic carbocycles. The van der Waals surface area contributed by atoms with Gasteiger partial charge in [-0.2, -0.15) is 13.2 Å². The maximum atomic E-state index is 11.9. The lowest BCUT2D eigenvalue weighted by molar-refractivity contribution is -0.0865. The molecule has 0 aromatic rings. The summed E-state index contributed by atoms with van der Waals surface area (Å²) in [6, 6.07) is 0. The van der Waals surface area contributed by atoms with E-state index in [1.807, 2.05) is 0 Å². The first kappa shape index (κ1) is 10.9. The summed E-state index contributed by atoms with van der Waals surface area (Å²) in [6.07, 6.45) is 0. The second-order valence-electron chi connectivity index (χ2n) is 1.65. The topological polar surface area (TPSA) is 18.5 Å². The molecule has 0 atom stereocenters. The summed E-state index contributed by atoms with van der Waals surface area (Å²) in [4.78, 5) is 0. The molecule has 6 heteroatoms. The van der Waals surface area contributed by atoms with Gasteiger partial charge in [-0.3, -0.25) is 0 Å². The predicted octanol–water partition coefficient (Wildman–Crippen LogP) is 1.65. The Hall–Kier alpha value is -0.0731. The second kappa shape index (κ2) is 4.73. The third kappa shape index (κ3) is 4.38. The maximum absolute atomic E-state index is 11.9. The first-order chi connectivity index (χ1) is 5.02. The van der Waals surface area contributed by atoms with Crippen molar-refractivity contribution in [3.8, 4) is 0 Å². The van der Waals surface area contributed by atoms with Crippen molar-refractivity contribution in [1.29, 1.82) is 0 Å². The fourth-order valence-corrected chi connectivity index (χ4v) is 1.40. The summed E-state index contributed by atoms with van der Waals surface area (Å²) in [5.74, 6) is -4.32. The molecule has 0 bridgehead atoms. The Kier molecular flexibility index (Phi) is 4.70. The SMILES string of the molecule is CCO[Si](OCC)C(F)(F)F. The van der Waals surface area contributed by atoms with Crippen LogP contribution in [-0.4, -0.2) is 28.3 Å². The molecule has 0 aliphatic rings. The molecule has 0 rings (SSSR count). The Bertz CT molecular complexity index is 100. The third-order valence-electron chi connectivity index (χ3n) is 0.782. The highest BCUT2D eigenvalue weighted by atomic mass is 28.3. The standard InChI is InChI=1S/C5H10F3O2Si/c1-3-9-11(10-4-2)5(6,7)8/h3-4H2,1-2H3. The van der Waals surface area contributed by atoms with Crippen molar-refractivity contribution in [3.05, 3.63) is 0 Å². The first-order valence-electron chi connectivity index (χ1n) is 3.22. The predicted molar refractivity (Wildman–Crippen MR) is 35.1 cm³/mol. The van der Waals surface area contributed by atoms with Gasteiger partial charge in [0.25, 0.3) is 0 Å². The van der Waals surface area contributed by atoms with Crippen LogP contribution in [0, 0.1) is 0 Å². The van der Waals surface area contributed by atoms with E-state index in [-0.39, 0.29) is 13.2 Å². The first-order valence-corrected chi connectivity index (χ1v) is 4.53. The summed E-state index contributed by atoms with van der Waals surface area (Å²) >= 11 is 0. The zero-order valence-electron chi connectivity index (χ0n) is 6.36. The van der Waals surface area contributed by atoms with Crippen molar-refractivity contribution in [2.75, 3.05) is 13.2 Å². The molecule has 0 aromatic carbocycles. The Labute approximate surface area is 65.1 Å². The van der Waals surface area contributed by atoms with Gasteiger partial charge in [0.05, 0.1) is 0 Å². The summed E-state index contributed by atoms with van der Waals surface area (Å²) in [6.45, 7) is 3.09. The quantitative estimate of drug-likeness (QED) is 0.623. The molecule has 0 aromatic heterocycles. The van der Waals surface area contributed by atoms with Gasteiger partial charge in [-0.05, 0) is 13.8 Å². The average molecular weight is 187 g/mol. The van der Waals surface area contributed by atoms with E-state index in [0.717, 1.165) is 0 Å². The minimum absolute atomic E-state index is 0.0355. The normalized spacial score (nSPS) is 12.5. The number of hydrogen-bond donors (Lipinski definition) is 0. The second-order valence-corrected chi connectivity index (χ2v) is 3.37. The van der Waals surface area contributed by atoms with Crippen molar-refractivity contribution in [2.45, 2.75) is 19.6 Å². The molecule has 0 amide bonds. The molecular weight excluding hydrogens is 177 g/mol. The summed E-state index contributed by atoms with van der Waals surface area (Å²) in [7, 11) is -3.06. The monoisotopic (exact) mass is 187 g/mol. The van der Waals surface area contributed by atoms with Gasteiger partial charge in [0, 0.05) is 13.2 Å². The summed E-state index contributed by atoms with van der Waals surface area (Å²) in [5, 5.41) is 0. The summed E-state index contributed by atoms with van der Waals surface area (Å²) < 4.78 is 44.5.